The predicted octanol–water partition coefficient (Wildman–Crippen LogP) is 2.93. The Kier molecular flexibility index (Phi) is 6.77. The van der Waals surface area contributed by atoms with E-state index >= 15 is 0 Å². The van der Waals surface area contributed by atoms with E-state index in [1.807, 2.05) is 0 Å². The molecule has 1 fully saturated rings. The molecule has 0 spiro atoms. The molecular weight excluding hydrogens is 309 g/mol. The second-order valence-electron chi connectivity index (χ2n) is 4.52. The summed E-state index contributed by atoms with van der Waals surface area (Å²) in [5.41, 5.74) is 0.210. The number of carbonyl (C=O) groups is 1. The highest BCUT2D eigenvalue weighted by Gasteiger charge is 2.20. The number of halogens is 4. The number of carbonyl (C=O) groups excluding carboxylic acids is 1. The topological polar surface area (TPSA) is 50.4 Å². The predicted molar refractivity (Wildman–Crippen MR) is 74.6 cm³/mol. The quantitative estimate of drug-likeness (QED) is 0.895. The summed E-state index contributed by atoms with van der Waals surface area (Å²) in [5.74, 6) is -1.75. The van der Waals surface area contributed by atoms with E-state index in [1.54, 1.807) is 0 Å². The van der Waals surface area contributed by atoms with Gasteiger partial charge in [0.25, 0.3) is 0 Å². The third-order valence-corrected chi connectivity index (χ3v) is 3.04. The molecule has 1 atom stereocenters. The summed E-state index contributed by atoms with van der Waals surface area (Å²) >= 11 is 0. The lowest BCUT2D eigenvalue weighted by molar-refractivity contribution is -0.118. The van der Waals surface area contributed by atoms with Gasteiger partial charge in [0.05, 0.1) is 6.04 Å². The van der Waals surface area contributed by atoms with E-state index < -0.39 is 18.2 Å². The Labute approximate surface area is 126 Å². The molecule has 21 heavy (non-hydrogen) atoms. The van der Waals surface area contributed by atoms with Crippen LogP contribution in [0, 0.1) is 5.82 Å². The fraction of sp³-hybridized carbons (Fsp3) is 0.462. The van der Waals surface area contributed by atoms with Gasteiger partial charge < -0.3 is 15.4 Å². The normalized spacial score (nSPS) is 18.0. The smallest absolute Gasteiger partial charge is 0.387 e. The molecule has 1 aromatic rings. The second kappa shape index (κ2) is 8.09. The van der Waals surface area contributed by atoms with Gasteiger partial charge in [0, 0.05) is 11.8 Å². The molecule has 1 saturated heterocycles. The highest BCUT2D eigenvalue weighted by molar-refractivity contribution is 5.94. The lowest BCUT2D eigenvalue weighted by atomic mass is 10.0. The van der Waals surface area contributed by atoms with Crippen LogP contribution < -0.4 is 15.4 Å². The lowest BCUT2D eigenvalue weighted by Crippen LogP contribution is -2.43. The monoisotopic (exact) mass is 324 g/mol. The molecule has 1 amide bonds. The summed E-state index contributed by atoms with van der Waals surface area (Å²) in [6.07, 6.45) is 2.71. The van der Waals surface area contributed by atoms with E-state index in [9.17, 15) is 18.0 Å². The van der Waals surface area contributed by atoms with E-state index in [1.165, 1.54) is 6.07 Å². The first kappa shape index (κ1) is 17.6. The highest BCUT2D eigenvalue weighted by Crippen LogP contribution is 2.23. The summed E-state index contributed by atoms with van der Waals surface area (Å²) in [5, 5.41) is 5.61. The summed E-state index contributed by atoms with van der Waals surface area (Å²) in [6.45, 7) is -2.32. The van der Waals surface area contributed by atoms with Gasteiger partial charge in [-0.25, -0.2) is 4.39 Å². The van der Waals surface area contributed by atoms with E-state index in [0.29, 0.717) is 0 Å². The molecule has 2 rings (SSSR count). The van der Waals surface area contributed by atoms with Crippen LogP contribution in [-0.4, -0.2) is 25.1 Å². The molecule has 8 heteroatoms. The van der Waals surface area contributed by atoms with Gasteiger partial charge in [-0.15, -0.1) is 12.4 Å². The van der Waals surface area contributed by atoms with Crippen LogP contribution in [-0.2, 0) is 4.79 Å². The van der Waals surface area contributed by atoms with Crippen LogP contribution >= 0.6 is 12.4 Å². The van der Waals surface area contributed by atoms with Gasteiger partial charge in [0.2, 0.25) is 5.91 Å². The maximum absolute atomic E-state index is 13.5. The minimum Gasteiger partial charge on any atom is -0.432 e. The van der Waals surface area contributed by atoms with Crippen LogP contribution in [0.1, 0.15) is 19.3 Å². The number of ether oxygens (including phenoxy) is 1. The maximum Gasteiger partial charge on any atom is 0.387 e. The number of anilines is 1. The molecule has 4 nitrogen and oxygen atoms in total. The Balaban J connectivity index is 0.00000220. The number of rotatable bonds is 4. The largest absolute Gasteiger partial charge is 0.432 e. The maximum atomic E-state index is 13.5. The number of hydrogen-bond donors (Lipinski definition) is 2. The van der Waals surface area contributed by atoms with Gasteiger partial charge in [0.15, 0.2) is 11.6 Å². The van der Waals surface area contributed by atoms with E-state index in [4.69, 9.17) is 0 Å². The SMILES string of the molecule is Cl.O=C(Nc1ccc(OC(F)F)c(F)c1)C1CCCCN1. The molecule has 0 bridgehead atoms. The third kappa shape index (κ3) is 5.09. The molecule has 0 radical (unpaired) electrons. The highest BCUT2D eigenvalue weighted by atomic mass is 35.5. The van der Waals surface area contributed by atoms with Crippen molar-refractivity contribution >= 4 is 24.0 Å². The molecule has 0 saturated carbocycles. The first-order valence-electron chi connectivity index (χ1n) is 6.35. The van der Waals surface area contributed by atoms with Gasteiger partial charge in [0.1, 0.15) is 0 Å². The molecule has 1 unspecified atom stereocenters. The first-order chi connectivity index (χ1) is 9.56. The van der Waals surface area contributed by atoms with Crippen molar-refractivity contribution in [2.24, 2.45) is 0 Å². The second-order valence-corrected chi connectivity index (χ2v) is 4.52. The van der Waals surface area contributed by atoms with Crippen LogP contribution in [0.25, 0.3) is 0 Å². The molecule has 1 heterocycles. The Morgan fingerprint density at radius 3 is 2.71 bits per heavy atom. The first-order valence-corrected chi connectivity index (χ1v) is 6.35. The number of benzene rings is 1. The zero-order chi connectivity index (χ0) is 14.5. The van der Waals surface area contributed by atoms with Crippen LogP contribution in [0.15, 0.2) is 18.2 Å². The molecule has 2 N–H and O–H groups in total. The van der Waals surface area contributed by atoms with Gasteiger partial charge in [-0.1, -0.05) is 6.42 Å². The zero-order valence-corrected chi connectivity index (χ0v) is 11.9. The molecule has 0 aliphatic carbocycles. The minimum absolute atomic E-state index is 0. The lowest BCUT2D eigenvalue weighted by Gasteiger charge is -2.22. The summed E-state index contributed by atoms with van der Waals surface area (Å²) in [4.78, 5) is 11.9. The molecular formula is C13H16ClF3N2O2. The van der Waals surface area contributed by atoms with Gasteiger partial charge in [-0.2, -0.15) is 8.78 Å². The third-order valence-electron chi connectivity index (χ3n) is 3.04. The van der Waals surface area contributed by atoms with Crippen molar-refractivity contribution in [1.82, 2.24) is 5.32 Å². The van der Waals surface area contributed by atoms with Crippen molar-refractivity contribution in [3.05, 3.63) is 24.0 Å². The number of hydrogen-bond acceptors (Lipinski definition) is 3. The van der Waals surface area contributed by atoms with Crippen LogP contribution in [0.3, 0.4) is 0 Å². The van der Waals surface area contributed by atoms with Gasteiger partial charge in [-0.3, -0.25) is 4.79 Å². The Hall–Kier alpha value is -1.47. The fourth-order valence-electron chi connectivity index (χ4n) is 2.08. The number of amides is 1. The van der Waals surface area contributed by atoms with Gasteiger partial charge in [-0.05, 0) is 31.5 Å². The van der Waals surface area contributed by atoms with Crippen molar-refractivity contribution in [2.45, 2.75) is 31.9 Å². The molecule has 1 aromatic carbocycles. The minimum atomic E-state index is -3.09. The molecule has 1 aliphatic heterocycles. The van der Waals surface area contributed by atoms with Crippen molar-refractivity contribution in [1.29, 1.82) is 0 Å². The average molecular weight is 325 g/mol. The number of nitrogens with one attached hydrogen (secondary N) is 2. The summed E-state index contributed by atoms with van der Waals surface area (Å²) in [7, 11) is 0. The standard InChI is InChI=1S/C13H15F3N2O2.ClH/c14-9-7-8(4-5-11(9)20-13(15)16)18-12(19)10-3-1-2-6-17-10;/h4-5,7,10,13,17H,1-3,6H2,(H,18,19);1H. The van der Waals surface area contributed by atoms with E-state index in [0.717, 1.165) is 37.9 Å². The van der Waals surface area contributed by atoms with Crippen molar-refractivity contribution in [3.63, 3.8) is 0 Å². The molecule has 118 valence electrons. The van der Waals surface area contributed by atoms with Gasteiger partial charge >= 0.3 is 6.61 Å². The Bertz CT molecular complexity index is 482. The van der Waals surface area contributed by atoms with Crippen LogP contribution in [0.5, 0.6) is 5.75 Å². The molecule has 1 aliphatic rings. The fourth-order valence-corrected chi connectivity index (χ4v) is 2.08. The van der Waals surface area contributed by atoms with Crippen LogP contribution in [0.2, 0.25) is 0 Å². The van der Waals surface area contributed by atoms with Crippen molar-refractivity contribution in [2.75, 3.05) is 11.9 Å². The average Bonchev–Trinajstić information content (AvgIpc) is 2.42. The Morgan fingerprint density at radius 1 is 1.38 bits per heavy atom. The van der Waals surface area contributed by atoms with E-state index in [-0.39, 0.29) is 30.0 Å². The zero-order valence-electron chi connectivity index (χ0n) is 11.1. The molecule has 0 aromatic heterocycles. The van der Waals surface area contributed by atoms with Crippen molar-refractivity contribution in [3.8, 4) is 5.75 Å². The summed E-state index contributed by atoms with van der Waals surface area (Å²) in [6, 6.07) is 3.04. The van der Waals surface area contributed by atoms with Crippen molar-refractivity contribution < 1.29 is 22.7 Å². The number of alkyl halides is 2. The number of piperidine rings is 1. The Morgan fingerprint density at radius 2 is 2.14 bits per heavy atom. The van der Waals surface area contributed by atoms with Crippen LogP contribution in [0.4, 0.5) is 18.9 Å². The van der Waals surface area contributed by atoms with E-state index in [2.05, 4.69) is 15.4 Å². The summed E-state index contributed by atoms with van der Waals surface area (Å²) < 4.78 is 41.4.